The Bertz CT molecular complexity index is 218. The van der Waals surface area contributed by atoms with E-state index < -0.39 is 0 Å². The van der Waals surface area contributed by atoms with Gasteiger partial charge >= 0.3 is 0 Å². The summed E-state index contributed by atoms with van der Waals surface area (Å²) in [4.78, 5) is 5.58. The van der Waals surface area contributed by atoms with Crippen LogP contribution in [0.3, 0.4) is 0 Å². The highest BCUT2D eigenvalue weighted by Crippen LogP contribution is 2.14. The molecule has 0 radical (unpaired) electrons. The van der Waals surface area contributed by atoms with Gasteiger partial charge in [-0.3, -0.25) is 0 Å². The normalized spacial score (nSPS) is 22.6. The molecule has 0 aromatic heterocycles. The predicted octanol–water partition coefficient (Wildman–Crippen LogP) is 1.47. The number of hydrogen-bond acceptors (Lipinski definition) is 3. The molecule has 1 aliphatic heterocycles. The van der Waals surface area contributed by atoms with Crippen molar-refractivity contribution in [1.29, 1.82) is 0 Å². The smallest absolute Gasteiger partial charge is 0.0727 e. The minimum absolute atomic E-state index is 0.657. The minimum atomic E-state index is 0.657. The van der Waals surface area contributed by atoms with Crippen LogP contribution in [0.5, 0.6) is 0 Å². The van der Waals surface area contributed by atoms with Crippen LogP contribution in [0.1, 0.15) is 32.1 Å². The highest BCUT2D eigenvalue weighted by atomic mass is 32.1. The quantitative estimate of drug-likeness (QED) is 0.566. The van der Waals surface area contributed by atoms with Crippen LogP contribution in [-0.4, -0.2) is 54.6 Å². The highest BCUT2D eigenvalue weighted by molar-refractivity contribution is 7.80. The van der Waals surface area contributed by atoms with Crippen molar-refractivity contribution in [3.8, 4) is 0 Å². The van der Waals surface area contributed by atoms with Gasteiger partial charge in [0.15, 0.2) is 0 Å². The maximum atomic E-state index is 5.48. The lowest BCUT2D eigenvalue weighted by Gasteiger charge is -2.36. The van der Waals surface area contributed by atoms with E-state index in [4.69, 9.17) is 18.0 Å². The Morgan fingerprint density at radius 2 is 2.19 bits per heavy atom. The zero-order valence-electron chi connectivity index (χ0n) is 10.6. The monoisotopic (exact) mass is 243 g/mol. The van der Waals surface area contributed by atoms with E-state index >= 15 is 0 Å². The summed E-state index contributed by atoms with van der Waals surface area (Å²) in [6.07, 6.45) is 5.94. The van der Waals surface area contributed by atoms with Gasteiger partial charge < -0.3 is 15.5 Å². The zero-order chi connectivity index (χ0) is 12.0. The molecule has 94 valence electrons. The van der Waals surface area contributed by atoms with Gasteiger partial charge in [0.25, 0.3) is 0 Å². The zero-order valence-corrected chi connectivity index (χ0v) is 11.4. The molecule has 0 saturated carbocycles. The van der Waals surface area contributed by atoms with Gasteiger partial charge in [-0.25, -0.2) is 0 Å². The van der Waals surface area contributed by atoms with Gasteiger partial charge in [0, 0.05) is 12.6 Å². The Labute approximate surface area is 105 Å². The van der Waals surface area contributed by atoms with Gasteiger partial charge in [-0.1, -0.05) is 12.2 Å². The molecule has 0 bridgehead atoms. The molecular weight excluding hydrogens is 218 g/mol. The van der Waals surface area contributed by atoms with Crippen LogP contribution >= 0.6 is 12.2 Å². The molecule has 1 aliphatic rings. The second-order valence-electron chi connectivity index (χ2n) is 4.98. The van der Waals surface area contributed by atoms with Crippen molar-refractivity contribution in [2.45, 2.75) is 38.1 Å². The first kappa shape index (κ1) is 13.9. The van der Waals surface area contributed by atoms with Crippen LogP contribution < -0.4 is 5.73 Å². The number of nitrogens with zero attached hydrogens (tertiary/aromatic N) is 2. The van der Waals surface area contributed by atoms with Crippen molar-refractivity contribution in [2.24, 2.45) is 5.73 Å². The van der Waals surface area contributed by atoms with Gasteiger partial charge in [0.2, 0.25) is 0 Å². The summed E-state index contributed by atoms with van der Waals surface area (Å²) in [6, 6.07) is 0.740. The first-order chi connectivity index (χ1) is 7.59. The van der Waals surface area contributed by atoms with Crippen molar-refractivity contribution in [2.75, 3.05) is 33.7 Å². The standard InChI is InChI=1S/C12H25N3S/c1-14(2)11-6-5-9-15(10-11)8-4-3-7-12(13)16/h11H,3-10H2,1-2H3,(H2,13,16). The number of thiocarbonyl (C=S) groups is 1. The van der Waals surface area contributed by atoms with E-state index in [9.17, 15) is 0 Å². The average molecular weight is 243 g/mol. The molecule has 1 atom stereocenters. The van der Waals surface area contributed by atoms with E-state index in [0.29, 0.717) is 4.99 Å². The first-order valence-electron chi connectivity index (χ1n) is 6.26. The Balaban J connectivity index is 2.14. The van der Waals surface area contributed by atoms with Gasteiger partial charge in [0.1, 0.15) is 0 Å². The van der Waals surface area contributed by atoms with Crippen LogP contribution in [-0.2, 0) is 0 Å². The number of nitrogens with two attached hydrogens (primary N) is 1. The van der Waals surface area contributed by atoms with Crippen LogP contribution in [0.15, 0.2) is 0 Å². The van der Waals surface area contributed by atoms with Gasteiger partial charge in [-0.15, -0.1) is 0 Å². The molecule has 1 fully saturated rings. The Morgan fingerprint density at radius 3 is 2.81 bits per heavy atom. The number of rotatable bonds is 6. The van der Waals surface area contributed by atoms with Crippen LogP contribution in [0.25, 0.3) is 0 Å². The molecule has 0 spiro atoms. The molecule has 0 amide bonds. The predicted molar refractivity (Wildman–Crippen MR) is 73.8 cm³/mol. The SMILES string of the molecule is CN(C)C1CCCN(CCCCC(N)=S)C1. The minimum Gasteiger partial charge on any atom is -0.393 e. The molecule has 1 heterocycles. The molecule has 1 saturated heterocycles. The molecule has 1 rings (SSSR count). The summed E-state index contributed by atoms with van der Waals surface area (Å²) >= 11 is 4.88. The fourth-order valence-corrected chi connectivity index (χ4v) is 2.43. The maximum Gasteiger partial charge on any atom is 0.0727 e. The Kier molecular flexibility index (Phi) is 6.24. The van der Waals surface area contributed by atoms with E-state index in [1.165, 1.54) is 38.9 Å². The molecule has 16 heavy (non-hydrogen) atoms. The first-order valence-corrected chi connectivity index (χ1v) is 6.67. The van der Waals surface area contributed by atoms with Crippen LogP contribution in [0.4, 0.5) is 0 Å². The largest absolute Gasteiger partial charge is 0.393 e. The third-order valence-corrected chi connectivity index (χ3v) is 3.56. The van der Waals surface area contributed by atoms with E-state index in [-0.39, 0.29) is 0 Å². The average Bonchev–Trinajstić information content (AvgIpc) is 2.24. The van der Waals surface area contributed by atoms with Crippen molar-refractivity contribution < 1.29 is 0 Å². The lowest BCUT2D eigenvalue weighted by molar-refractivity contribution is 0.132. The van der Waals surface area contributed by atoms with E-state index in [0.717, 1.165) is 18.9 Å². The molecule has 1 unspecified atom stereocenters. The van der Waals surface area contributed by atoms with Crippen molar-refractivity contribution in [1.82, 2.24) is 9.80 Å². The number of likely N-dealkylation sites (tertiary alicyclic amines) is 1. The van der Waals surface area contributed by atoms with Gasteiger partial charge in [0.05, 0.1) is 4.99 Å². The molecule has 0 aliphatic carbocycles. The molecular formula is C12H25N3S. The lowest BCUT2D eigenvalue weighted by atomic mass is 10.0. The maximum absolute atomic E-state index is 5.48. The van der Waals surface area contributed by atoms with Crippen molar-refractivity contribution in [3.05, 3.63) is 0 Å². The Morgan fingerprint density at radius 1 is 1.44 bits per heavy atom. The fourth-order valence-electron chi connectivity index (χ4n) is 2.29. The second-order valence-corrected chi connectivity index (χ2v) is 5.51. The summed E-state index contributed by atoms with van der Waals surface area (Å²) in [5, 5.41) is 0. The second kappa shape index (κ2) is 7.20. The summed E-state index contributed by atoms with van der Waals surface area (Å²) in [5.41, 5.74) is 5.48. The van der Waals surface area contributed by atoms with Gasteiger partial charge in [-0.05, 0) is 59.3 Å². The summed E-state index contributed by atoms with van der Waals surface area (Å²) < 4.78 is 0. The molecule has 0 aromatic carbocycles. The van der Waals surface area contributed by atoms with Crippen LogP contribution in [0.2, 0.25) is 0 Å². The third kappa shape index (κ3) is 5.23. The fraction of sp³-hybridized carbons (Fsp3) is 0.917. The van der Waals surface area contributed by atoms with Crippen molar-refractivity contribution in [3.63, 3.8) is 0 Å². The number of likely N-dealkylation sites (N-methyl/N-ethyl adjacent to an activating group) is 1. The molecule has 2 N–H and O–H groups in total. The third-order valence-electron chi connectivity index (χ3n) is 3.36. The summed E-state index contributed by atoms with van der Waals surface area (Å²) in [5.74, 6) is 0. The van der Waals surface area contributed by atoms with E-state index in [1.54, 1.807) is 0 Å². The number of unbranched alkanes of at least 4 members (excludes halogenated alkanes) is 1. The molecule has 4 heteroatoms. The van der Waals surface area contributed by atoms with Gasteiger partial charge in [-0.2, -0.15) is 0 Å². The summed E-state index contributed by atoms with van der Waals surface area (Å²) in [7, 11) is 4.36. The van der Waals surface area contributed by atoms with Crippen molar-refractivity contribution >= 4 is 17.2 Å². The van der Waals surface area contributed by atoms with E-state index in [1.807, 2.05) is 0 Å². The summed E-state index contributed by atoms with van der Waals surface area (Å²) in [6.45, 7) is 3.68. The van der Waals surface area contributed by atoms with Crippen LogP contribution in [0, 0.1) is 0 Å². The molecule has 0 aromatic rings. The molecule has 3 nitrogen and oxygen atoms in total. The van der Waals surface area contributed by atoms with E-state index in [2.05, 4.69) is 23.9 Å². The lowest BCUT2D eigenvalue weighted by Crippen LogP contribution is -2.45. The number of piperidine rings is 1. The Hall–Kier alpha value is -0.190. The topological polar surface area (TPSA) is 32.5 Å². The highest BCUT2D eigenvalue weighted by Gasteiger charge is 2.20. The number of hydrogen-bond donors (Lipinski definition) is 1.